The molecule has 0 radical (unpaired) electrons. The zero-order valence-corrected chi connectivity index (χ0v) is 15.8. The van der Waals surface area contributed by atoms with Crippen molar-refractivity contribution in [2.24, 2.45) is 5.92 Å². The van der Waals surface area contributed by atoms with Gasteiger partial charge in [-0.15, -0.1) is 0 Å². The van der Waals surface area contributed by atoms with E-state index in [2.05, 4.69) is 29.0 Å². The molecule has 1 aliphatic heterocycles. The highest BCUT2D eigenvalue weighted by atomic mass is 35.5. The highest BCUT2D eigenvalue weighted by Crippen LogP contribution is 2.28. The quantitative estimate of drug-likeness (QED) is 0.843. The molecule has 1 amide bonds. The minimum absolute atomic E-state index is 0.0125. The predicted octanol–water partition coefficient (Wildman–Crippen LogP) is 4.74. The summed E-state index contributed by atoms with van der Waals surface area (Å²) in [5, 5.41) is 2.88. The van der Waals surface area contributed by atoms with Crippen LogP contribution in [0, 0.1) is 25.6 Å². The van der Waals surface area contributed by atoms with E-state index in [-0.39, 0.29) is 16.8 Å². The van der Waals surface area contributed by atoms with Gasteiger partial charge in [0.1, 0.15) is 5.82 Å². The Morgan fingerprint density at radius 3 is 2.65 bits per heavy atom. The van der Waals surface area contributed by atoms with E-state index >= 15 is 0 Å². The fraction of sp³-hybridized carbons (Fsp3) is 0.400. The molecule has 1 aromatic heterocycles. The second-order valence-corrected chi connectivity index (χ2v) is 7.26. The van der Waals surface area contributed by atoms with Gasteiger partial charge in [-0.05, 0) is 62.4 Å². The Bertz CT molecular complexity index is 791. The first-order valence-corrected chi connectivity index (χ1v) is 9.25. The van der Waals surface area contributed by atoms with Gasteiger partial charge in [-0.1, -0.05) is 11.6 Å². The fourth-order valence-corrected chi connectivity index (χ4v) is 3.77. The van der Waals surface area contributed by atoms with Crippen molar-refractivity contribution < 1.29 is 9.18 Å². The molecule has 3 rings (SSSR count). The molecule has 0 aliphatic carbocycles. The first-order valence-electron chi connectivity index (χ1n) is 8.88. The number of amides is 1. The number of nitrogens with zero attached hydrogens (tertiary/aromatic N) is 2. The van der Waals surface area contributed by atoms with Gasteiger partial charge in [-0.2, -0.15) is 0 Å². The molecule has 1 aromatic carbocycles. The van der Waals surface area contributed by atoms with Crippen molar-refractivity contribution in [2.75, 3.05) is 23.3 Å². The molecule has 138 valence electrons. The molecule has 0 saturated carbocycles. The third kappa shape index (κ3) is 4.15. The zero-order chi connectivity index (χ0) is 18.7. The van der Waals surface area contributed by atoms with Crippen molar-refractivity contribution in [1.82, 2.24) is 4.98 Å². The molecule has 2 heterocycles. The van der Waals surface area contributed by atoms with Gasteiger partial charge in [0.25, 0.3) is 0 Å². The molecule has 4 nitrogen and oxygen atoms in total. The van der Waals surface area contributed by atoms with E-state index in [9.17, 15) is 9.18 Å². The Morgan fingerprint density at radius 2 is 1.96 bits per heavy atom. The number of aromatic nitrogens is 1. The number of carbonyl (C=O) groups excluding carboxylic acids is 1. The summed E-state index contributed by atoms with van der Waals surface area (Å²) in [5.74, 6) is -0.582. The van der Waals surface area contributed by atoms with Crippen LogP contribution in [0.15, 0.2) is 30.6 Å². The standard InChI is InChI=1S/C20H23ClFN3O/c1-13-11-23-12-14(2)19(13)25-8-3-4-15(7-9-25)20(26)24-16-5-6-18(22)17(21)10-16/h5-6,10-12,15H,3-4,7-9H2,1-2H3,(H,24,26). The van der Waals surface area contributed by atoms with Crippen LogP contribution in [0.2, 0.25) is 5.02 Å². The van der Waals surface area contributed by atoms with E-state index in [0.717, 1.165) is 43.5 Å². The van der Waals surface area contributed by atoms with Crippen LogP contribution in [-0.4, -0.2) is 24.0 Å². The molecular formula is C20H23ClFN3O. The number of anilines is 2. The first-order chi connectivity index (χ1) is 12.5. The number of aryl methyl sites for hydroxylation is 2. The zero-order valence-electron chi connectivity index (χ0n) is 15.1. The number of halogens is 2. The van der Waals surface area contributed by atoms with Gasteiger partial charge >= 0.3 is 0 Å². The first kappa shape index (κ1) is 18.6. The summed E-state index contributed by atoms with van der Waals surface area (Å²) >= 11 is 5.79. The second-order valence-electron chi connectivity index (χ2n) is 6.85. The molecular weight excluding hydrogens is 353 g/mol. The fourth-order valence-electron chi connectivity index (χ4n) is 3.59. The van der Waals surface area contributed by atoms with Crippen LogP contribution in [0.5, 0.6) is 0 Å². The minimum atomic E-state index is -0.488. The maximum absolute atomic E-state index is 13.3. The normalized spacial score (nSPS) is 17.7. The van der Waals surface area contributed by atoms with E-state index in [1.807, 2.05) is 12.4 Å². The van der Waals surface area contributed by atoms with Crippen molar-refractivity contribution in [2.45, 2.75) is 33.1 Å². The number of nitrogens with one attached hydrogen (secondary N) is 1. The highest BCUT2D eigenvalue weighted by molar-refractivity contribution is 6.31. The third-order valence-electron chi connectivity index (χ3n) is 4.89. The van der Waals surface area contributed by atoms with Crippen molar-refractivity contribution in [1.29, 1.82) is 0 Å². The lowest BCUT2D eigenvalue weighted by atomic mass is 9.99. The molecule has 6 heteroatoms. The summed E-state index contributed by atoms with van der Waals surface area (Å²) in [4.78, 5) is 19.2. The maximum atomic E-state index is 13.3. The van der Waals surface area contributed by atoms with Gasteiger partial charge < -0.3 is 10.2 Å². The van der Waals surface area contributed by atoms with Crippen LogP contribution < -0.4 is 10.2 Å². The van der Waals surface area contributed by atoms with Gasteiger partial charge in [-0.3, -0.25) is 9.78 Å². The summed E-state index contributed by atoms with van der Waals surface area (Å²) in [6.07, 6.45) is 6.33. The molecule has 0 spiro atoms. The summed E-state index contributed by atoms with van der Waals surface area (Å²) in [7, 11) is 0. The lowest BCUT2D eigenvalue weighted by Gasteiger charge is -2.26. The smallest absolute Gasteiger partial charge is 0.227 e. The average molecular weight is 376 g/mol. The van der Waals surface area contributed by atoms with Gasteiger partial charge in [0, 0.05) is 42.8 Å². The van der Waals surface area contributed by atoms with Crippen LogP contribution in [0.4, 0.5) is 15.8 Å². The van der Waals surface area contributed by atoms with E-state index in [0.29, 0.717) is 5.69 Å². The number of carbonyl (C=O) groups is 1. The van der Waals surface area contributed by atoms with Gasteiger partial charge in [0.2, 0.25) is 5.91 Å². The van der Waals surface area contributed by atoms with Crippen LogP contribution in [0.3, 0.4) is 0 Å². The van der Waals surface area contributed by atoms with Crippen molar-refractivity contribution >= 4 is 28.9 Å². The number of pyridine rings is 1. The Labute approximate surface area is 158 Å². The molecule has 1 atom stereocenters. The molecule has 1 N–H and O–H groups in total. The summed E-state index contributed by atoms with van der Waals surface area (Å²) < 4.78 is 13.3. The number of benzene rings is 1. The minimum Gasteiger partial charge on any atom is -0.371 e. The largest absolute Gasteiger partial charge is 0.371 e. The average Bonchev–Trinajstić information content (AvgIpc) is 2.84. The van der Waals surface area contributed by atoms with E-state index in [1.54, 1.807) is 0 Å². The van der Waals surface area contributed by atoms with Gasteiger partial charge in [0.05, 0.1) is 5.02 Å². The molecule has 2 aromatic rings. The maximum Gasteiger partial charge on any atom is 0.227 e. The molecule has 1 fully saturated rings. The molecule has 1 unspecified atom stereocenters. The summed E-state index contributed by atoms with van der Waals surface area (Å²) in [5.41, 5.74) is 4.08. The monoisotopic (exact) mass is 375 g/mol. The van der Waals surface area contributed by atoms with E-state index in [1.165, 1.54) is 23.9 Å². The SMILES string of the molecule is Cc1cncc(C)c1N1CCCC(C(=O)Nc2ccc(F)c(Cl)c2)CC1. The second kappa shape index (κ2) is 8.04. The topological polar surface area (TPSA) is 45.2 Å². The van der Waals surface area contributed by atoms with Crippen LogP contribution >= 0.6 is 11.6 Å². The molecule has 0 bridgehead atoms. The molecule has 1 aliphatic rings. The Kier molecular flexibility index (Phi) is 5.77. The van der Waals surface area contributed by atoms with Crippen molar-refractivity contribution in [3.63, 3.8) is 0 Å². The van der Waals surface area contributed by atoms with E-state index < -0.39 is 5.82 Å². The summed E-state index contributed by atoms with van der Waals surface area (Å²) in [6, 6.07) is 4.25. The van der Waals surface area contributed by atoms with Crippen LogP contribution in [0.1, 0.15) is 30.4 Å². The number of hydrogen-bond donors (Lipinski definition) is 1. The Morgan fingerprint density at radius 1 is 1.23 bits per heavy atom. The predicted molar refractivity (Wildman–Crippen MR) is 103 cm³/mol. The Hall–Kier alpha value is -2.14. The van der Waals surface area contributed by atoms with Gasteiger partial charge in [-0.25, -0.2) is 4.39 Å². The lowest BCUT2D eigenvalue weighted by Crippen LogP contribution is -2.27. The summed E-state index contributed by atoms with van der Waals surface area (Å²) in [6.45, 7) is 5.90. The van der Waals surface area contributed by atoms with E-state index in [4.69, 9.17) is 11.6 Å². The van der Waals surface area contributed by atoms with Crippen LogP contribution in [0.25, 0.3) is 0 Å². The van der Waals surface area contributed by atoms with Crippen molar-refractivity contribution in [3.8, 4) is 0 Å². The Balaban J connectivity index is 1.66. The number of rotatable bonds is 3. The third-order valence-corrected chi connectivity index (χ3v) is 5.18. The van der Waals surface area contributed by atoms with Gasteiger partial charge in [0.15, 0.2) is 0 Å². The lowest BCUT2D eigenvalue weighted by molar-refractivity contribution is -0.120. The number of hydrogen-bond acceptors (Lipinski definition) is 3. The molecule has 1 saturated heterocycles. The highest BCUT2D eigenvalue weighted by Gasteiger charge is 2.24. The molecule has 26 heavy (non-hydrogen) atoms. The van der Waals surface area contributed by atoms with Crippen LogP contribution in [-0.2, 0) is 4.79 Å². The van der Waals surface area contributed by atoms with Crippen molar-refractivity contribution in [3.05, 3.63) is 52.6 Å².